The second-order valence-electron chi connectivity index (χ2n) is 4.49. The Morgan fingerprint density at radius 3 is 2.40 bits per heavy atom. The van der Waals surface area contributed by atoms with E-state index in [0.717, 1.165) is 45.3 Å². The van der Waals surface area contributed by atoms with Gasteiger partial charge < -0.3 is 25.3 Å². The molecule has 6 heteroatoms. The summed E-state index contributed by atoms with van der Waals surface area (Å²) in [5.74, 6) is 0. The van der Waals surface area contributed by atoms with E-state index in [4.69, 9.17) is 19.9 Å². The molecule has 20 heavy (non-hydrogen) atoms. The fraction of sp³-hybridized carbons (Fsp3) is 0.929. The van der Waals surface area contributed by atoms with Crippen LogP contribution in [0.1, 0.15) is 39.0 Å². The highest BCUT2D eigenvalue weighted by Gasteiger charge is 1.99. The number of carbonyl (C=O) groups is 1. The number of hydrogen-bond acceptors (Lipinski definition) is 5. The Balaban J connectivity index is 3.07. The van der Waals surface area contributed by atoms with Crippen LogP contribution < -0.4 is 11.1 Å². The first-order valence-corrected chi connectivity index (χ1v) is 7.57. The summed E-state index contributed by atoms with van der Waals surface area (Å²) in [6, 6.07) is 0. The number of amides is 1. The molecule has 0 rings (SSSR count). The number of alkyl carbamates (subject to hydrolysis) is 1. The maximum absolute atomic E-state index is 11.2. The SMILES string of the molecule is CCCCOC(=O)NCCOCCOCCCCCN. The first-order valence-electron chi connectivity index (χ1n) is 7.57. The van der Waals surface area contributed by atoms with Gasteiger partial charge in [0.2, 0.25) is 0 Å². The van der Waals surface area contributed by atoms with Gasteiger partial charge in [-0.2, -0.15) is 0 Å². The molecule has 0 fully saturated rings. The van der Waals surface area contributed by atoms with E-state index in [1.54, 1.807) is 0 Å². The lowest BCUT2D eigenvalue weighted by Gasteiger charge is -2.07. The van der Waals surface area contributed by atoms with Gasteiger partial charge in [0.25, 0.3) is 0 Å². The Morgan fingerprint density at radius 1 is 0.950 bits per heavy atom. The van der Waals surface area contributed by atoms with Crippen LogP contribution in [0.25, 0.3) is 0 Å². The third kappa shape index (κ3) is 15.2. The maximum Gasteiger partial charge on any atom is 0.407 e. The van der Waals surface area contributed by atoms with Crippen molar-refractivity contribution < 1.29 is 19.0 Å². The van der Waals surface area contributed by atoms with Crippen molar-refractivity contribution in [2.24, 2.45) is 5.73 Å². The van der Waals surface area contributed by atoms with Gasteiger partial charge >= 0.3 is 6.09 Å². The van der Waals surface area contributed by atoms with E-state index in [-0.39, 0.29) is 6.09 Å². The monoisotopic (exact) mass is 290 g/mol. The van der Waals surface area contributed by atoms with E-state index in [9.17, 15) is 4.79 Å². The summed E-state index contributed by atoms with van der Waals surface area (Å²) >= 11 is 0. The van der Waals surface area contributed by atoms with Gasteiger partial charge in [0.1, 0.15) is 0 Å². The predicted molar refractivity (Wildman–Crippen MR) is 78.8 cm³/mol. The quantitative estimate of drug-likeness (QED) is 0.476. The molecular formula is C14H30N2O4. The van der Waals surface area contributed by atoms with Gasteiger partial charge in [-0.25, -0.2) is 4.79 Å². The smallest absolute Gasteiger partial charge is 0.407 e. The van der Waals surface area contributed by atoms with Gasteiger partial charge in [-0.3, -0.25) is 0 Å². The average Bonchev–Trinajstić information content (AvgIpc) is 2.45. The number of hydrogen-bond donors (Lipinski definition) is 2. The van der Waals surface area contributed by atoms with Crippen molar-refractivity contribution in [2.75, 3.05) is 46.1 Å². The van der Waals surface area contributed by atoms with Gasteiger partial charge in [-0.1, -0.05) is 13.3 Å². The highest BCUT2D eigenvalue weighted by atomic mass is 16.5. The second-order valence-corrected chi connectivity index (χ2v) is 4.49. The van der Waals surface area contributed by atoms with Gasteiger partial charge in [-0.05, 0) is 32.2 Å². The number of nitrogens with two attached hydrogens (primary N) is 1. The summed E-state index contributed by atoms with van der Waals surface area (Å²) in [5.41, 5.74) is 5.39. The van der Waals surface area contributed by atoms with Crippen molar-refractivity contribution >= 4 is 6.09 Å². The summed E-state index contributed by atoms with van der Waals surface area (Å²) < 4.78 is 15.7. The fourth-order valence-electron chi connectivity index (χ4n) is 1.43. The third-order valence-corrected chi connectivity index (χ3v) is 2.61. The Kier molecular flexibility index (Phi) is 15.5. The summed E-state index contributed by atoms with van der Waals surface area (Å²) in [6.07, 6.45) is 4.75. The minimum atomic E-state index is -0.377. The van der Waals surface area contributed by atoms with E-state index < -0.39 is 0 Å². The van der Waals surface area contributed by atoms with E-state index in [2.05, 4.69) is 12.2 Å². The van der Waals surface area contributed by atoms with Gasteiger partial charge in [0, 0.05) is 13.2 Å². The first kappa shape index (κ1) is 19.1. The minimum absolute atomic E-state index is 0.377. The topological polar surface area (TPSA) is 82.8 Å². The second kappa shape index (κ2) is 16.2. The van der Waals surface area contributed by atoms with E-state index >= 15 is 0 Å². The van der Waals surface area contributed by atoms with Crippen molar-refractivity contribution in [1.29, 1.82) is 0 Å². The molecular weight excluding hydrogens is 260 g/mol. The van der Waals surface area contributed by atoms with Crippen LogP contribution in [0.3, 0.4) is 0 Å². The van der Waals surface area contributed by atoms with E-state index in [1.165, 1.54) is 0 Å². The van der Waals surface area contributed by atoms with Gasteiger partial charge in [0.05, 0.1) is 26.4 Å². The number of rotatable bonds is 14. The lowest BCUT2D eigenvalue weighted by molar-refractivity contribution is 0.0469. The Hall–Kier alpha value is -0.850. The van der Waals surface area contributed by atoms with Crippen LogP contribution in [-0.4, -0.2) is 52.2 Å². The van der Waals surface area contributed by atoms with Crippen LogP contribution >= 0.6 is 0 Å². The molecule has 0 radical (unpaired) electrons. The zero-order chi connectivity index (χ0) is 14.9. The molecule has 0 aromatic rings. The number of nitrogens with one attached hydrogen (secondary N) is 1. The highest BCUT2D eigenvalue weighted by Crippen LogP contribution is 1.93. The molecule has 1 amide bonds. The lowest BCUT2D eigenvalue weighted by atomic mass is 10.2. The largest absolute Gasteiger partial charge is 0.450 e. The zero-order valence-electron chi connectivity index (χ0n) is 12.7. The number of ether oxygens (including phenoxy) is 3. The predicted octanol–water partition coefficient (Wildman–Crippen LogP) is 1.67. The summed E-state index contributed by atoms with van der Waals surface area (Å²) in [5, 5.41) is 2.63. The van der Waals surface area contributed by atoms with Crippen molar-refractivity contribution in [3.8, 4) is 0 Å². The van der Waals surface area contributed by atoms with Crippen LogP contribution in [0.5, 0.6) is 0 Å². The molecule has 0 aromatic carbocycles. The van der Waals surface area contributed by atoms with Crippen molar-refractivity contribution in [2.45, 2.75) is 39.0 Å². The summed E-state index contributed by atoms with van der Waals surface area (Å²) in [7, 11) is 0. The fourth-order valence-corrected chi connectivity index (χ4v) is 1.43. The van der Waals surface area contributed by atoms with E-state index in [0.29, 0.717) is 33.0 Å². The van der Waals surface area contributed by atoms with Crippen molar-refractivity contribution in [3.63, 3.8) is 0 Å². The molecule has 0 aliphatic carbocycles. The number of carbonyl (C=O) groups excluding carboxylic acids is 1. The Labute approximate surface area is 122 Å². The van der Waals surface area contributed by atoms with Crippen LogP contribution in [0.15, 0.2) is 0 Å². The van der Waals surface area contributed by atoms with Crippen LogP contribution in [0, 0.1) is 0 Å². The summed E-state index contributed by atoms with van der Waals surface area (Å²) in [6.45, 7) is 6.09. The molecule has 120 valence electrons. The molecule has 6 nitrogen and oxygen atoms in total. The molecule has 0 heterocycles. The first-order chi connectivity index (χ1) is 9.81. The third-order valence-electron chi connectivity index (χ3n) is 2.61. The molecule has 0 saturated heterocycles. The molecule has 0 atom stereocenters. The number of unbranched alkanes of at least 4 members (excludes halogenated alkanes) is 3. The molecule has 0 unspecified atom stereocenters. The highest BCUT2D eigenvalue weighted by molar-refractivity contribution is 5.66. The molecule has 0 spiro atoms. The van der Waals surface area contributed by atoms with Crippen molar-refractivity contribution in [3.05, 3.63) is 0 Å². The van der Waals surface area contributed by atoms with Gasteiger partial charge in [-0.15, -0.1) is 0 Å². The molecule has 0 aliphatic rings. The van der Waals surface area contributed by atoms with Crippen LogP contribution in [0.2, 0.25) is 0 Å². The molecule has 3 N–H and O–H groups in total. The van der Waals surface area contributed by atoms with Crippen molar-refractivity contribution in [1.82, 2.24) is 5.32 Å². The molecule has 0 saturated carbocycles. The van der Waals surface area contributed by atoms with Crippen LogP contribution in [-0.2, 0) is 14.2 Å². The normalized spacial score (nSPS) is 10.5. The molecule has 0 aromatic heterocycles. The zero-order valence-corrected chi connectivity index (χ0v) is 12.7. The minimum Gasteiger partial charge on any atom is -0.450 e. The Morgan fingerprint density at radius 2 is 1.70 bits per heavy atom. The lowest BCUT2D eigenvalue weighted by Crippen LogP contribution is -2.28. The molecule has 0 aliphatic heterocycles. The standard InChI is InChI=1S/C14H30N2O4/c1-2-3-10-20-14(17)16-8-11-19-13-12-18-9-6-4-5-7-15/h2-13,15H2,1H3,(H,16,17). The van der Waals surface area contributed by atoms with E-state index in [1.807, 2.05) is 0 Å². The summed E-state index contributed by atoms with van der Waals surface area (Å²) in [4.78, 5) is 11.2. The Bertz CT molecular complexity index is 215. The maximum atomic E-state index is 11.2. The average molecular weight is 290 g/mol. The van der Waals surface area contributed by atoms with Crippen LogP contribution in [0.4, 0.5) is 4.79 Å². The molecule has 0 bridgehead atoms. The van der Waals surface area contributed by atoms with Gasteiger partial charge in [0.15, 0.2) is 0 Å².